The summed E-state index contributed by atoms with van der Waals surface area (Å²) in [5.41, 5.74) is 3.44. The van der Waals surface area contributed by atoms with Crippen LogP contribution in [0.3, 0.4) is 0 Å². The van der Waals surface area contributed by atoms with Crippen molar-refractivity contribution in [3.63, 3.8) is 0 Å². The molecular weight excluding hydrogens is 384 g/mol. The average Bonchev–Trinajstić information content (AvgIpc) is 3.54. The molecule has 0 N–H and O–H groups in total. The summed E-state index contributed by atoms with van der Waals surface area (Å²) in [6.45, 7) is 2.62. The van der Waals surface area contributed by atoms with Gasteiger partial charge in [0.1, 0.15) is 12.4 Å². The lowest BCUT2D eigenvalue weighted by atomic mass is 10.1. The molecule has 0 amide bonds. The van der Waals surface area contributed by atoms with Gasteiger partial charge in [-0.2, -0.15) is 0 Å². The number of nitrogens with zero attached hydrogens (tertiary/aromatic N) is 2. The van der Waals surface area contributed by atoms with Crippen molar-refractivity contribution >= 4 is 11.6 Å². The second kappa shape index (κ2) is 8.55. The quantitative estimate of drug-likeness (QED) is 0.584. The van der Waals surface area contributed by atoms with E-state index in [1.165, 1.54) is 18.9 Å². The van der Waals surface area contributed by atoms with E-state index in [0.29, 0.717) is 28.9 Å². The summed E-state index contributed by atoms with van der Waals surface area (Å²) in [4.78, 5) is 16.8. The molecule has 1 aromatic carbocycles. The number of aromatic nitrogens is 2. The van der Waals surface area contributed by atoms with Gasteiger partial charge in [0.15, 0.2) is 0 Å². The van der Waals surface area contributed by atoms with Crippen LogP contribution in [0.4, 0.5) is 0 Å². The fraction of sp³-hybridized carbons (Fsp3) is 0.250. The topological polar surface area (TPSA) is 44.1 Å². The standard InChI is InChI=1S/C24H21ClN2O2/c1-17-13-21(29-16-23-22(25)3-2-12-26-23)14-24(28)27(17)15-20-10-8-19(9-11-20)7-6-18-4-5-18/h2-3,8-14,18H,4-5,15-16H2,1H3. The number of benzene rings is 1. The summed E-state index contributed by atoms with van der Waals surface area (Å²) in [5, 5.41) is 0.544. The molecule has 1 fully saturated rings. The number of pyridine rings is 2. The van der Waals surface area contributed by atoms with Gasteiger partial charge in [0.05, 0.1) is 17.3 Å². The molecule has 0 unspecified atom stereocenters. The molecule has 3 aromatic rings. The molecule has 0 bridgehead atoms. The monoisotopic (exact) mass is 404 g/mol. The Hall–Kier alpha value is -3.03. The Labute approximate surface area is 175 Å². The minimum atomic E-state index is -0.107. The van der Waals surface area contributed by atoms with Crippen LogP contribution in [0.25, 0.3) is 0 Å². The van der Waals surface area contributed by atoms with Crippen molar-refractivity contribution < 1.29 is 4.74 Å². The third kappa shape index (κ3) is 5.07. The van der Waals surface area contributed by atoms with Crippen LogP contribution in [0.1, 0.15) is 35.4 Å². The Balaban J connectivity index is 1.45. The molecule has 1 aliphatic carbocycles. The van der Waals surface area contributed by atoms with Crippen LogP contribution in [0.2, 0.25) is 5.02 Å². The minimum absolute atomic E-state index is 0.107. The Morgan fingerprint density at radius 1 is 1.21 bits per heavy atom. The summed E-state index contributed by atoms with van der Waals surface area (Å²) in [6, 6.07) is 15.0. The Morgan fingerprint density at radius 2 is 2.00 bits per heavy atom. The van der Waals surface area contributed by atoms with E-state index in [-0.39, 0.29) is 12.2 Å². The van der Waals surface area contributed by atoms with E-state index in [9.17, 15) is 4.79 Å². The highest BCUT2D eigenvalue weighted by Crippen LogP contribution is 2.27. The molecule has 5 heteroatoms. The zero-order chi connectivity index (χ0) is 20.2. The number of halogens is 1. The zero-order valence-electron chi connectivity index (χ0n) is 16.2. The lowest BCUT2D eigenvalue weighted by Crippen LogP contribution is -2.22. The first-order valence-electron chi connectivity index (χ1n) is 9.62. The molecule has 1 aliphatic rings. The van der Waals surface area contributed by atoms with Crippen LogP contribution >= 0.6 is 11.6 Å². The van der Waals surface area contributed by atoms with Gasteiger partial charge in [0, 0.05) is 29.4 Å². The molecule has 2 aromatic heterocycles. The maximum Gasteiger partial charge on any atom is 0.254 e. The predicted octanol–water partition coefficient (Wildman–Crippen LogP) is 4.59. The third-order valence-electron chi connectivity index (χ3n) is 4.81. The Morgan fingerprint density at radius 3 is 2.69 bits per heavy atom. The number of hydrogen-bond donors (Lipinski definition) is 0. The van der Waals surface area contributed by atoms with Crippen molar-refractivity contribution in [2.45, 2.75) is 32.9 Å². The van der Waals surface area contributed by atoms with Crippen LogP contribution in [-0.2, 0) is 13.2 Å². The number of ether oxygens (including phenoxy) is 1. The first-order chi connectivity index (χ1) is 14.1. The summed E-state index contributed by atoms with van der Waals surface area (Å²) in [6.07, 6.45) is 4.11. The van der Waals surface area contributed by atoms with Gasteiger partial charge in [-0.3, -0.25) is 9.78 Å². The SMILES string of the molecule is Cc1cc(OCc2ncccc2Cl)cc(=O)n1Cc1ccc(C#CC2CC2)cc1. The summed E-state index contributed by atoms with van der Waals surface area (Å²) in [5.74, 6) is 7.57. The van der Waals surface area contributed by atoms with E-state index in [4.69, 9.17) is 16.3 Å². The van der Waals surface area contributed by atoms with Gasteiger partial charge in [0.25, 0.3) is 5.56 Å². The van der Waals surface area contributed by atoms with Gasteiger partial charge in [-0.15, -0.1) is 0 Å². The molecule has 1 saturated carbocycles. The molecule has 29 heavy (non-hydrogen) atoms. The van der Waals surface area contributed by atoms with Crippen molar-refractivity contribution in [1.82, 2.24) is 9.55 Å². The second-order valence-electron chi connectivity index (χ2n) is 7.22. The Bertz CT molecular complexity index is 1140. The maximum absolute atomic E-state index is 12.6. The van der Waals surface area contributed by atoms with Crippen molar-refractivity contribution in [2.24, 2.45) is 5.92 Å². The van der Waals surface area contributed by atoms with Crippen molar-refractivity contribution in [1.29, 1.82) is 0 Å². The van der Waals surface area contributed by atoms with Crippen LogP contribution in [0, 0.1) is 24.7 Å². The zero-order valence-corrected chi connectivity index (χ0v) is 16.9. The predicted molar refractivity (Wildman–Crippen MR) is 114 cm³/mol. The van der Waals surface area contributed by atoms with E-state index in [0.717, 1.165) is 16.8 Å². The smallest absolute Gasteiger partial charge is 0.254 e. The molecule has 2 heterocycles. The fourth-order valence-corrected chi connectivity index (χ4v) is 3.13. The van der Waals surface area contributed by atoms with Crippen molar-refractivity contribution in [2.75, 3.05) is 0 Å². The summed E-state index contributed by atoms with van der Waals surface area (Å²) in [7, 11) is 0. The van der Waals surface area contributed by atoms with Crippen LogP contribution in [0.5, 0.6) is 5.75 Å². The van der Waals surface area contributed by atoms with Crippen LogP contribution in [0.15, 0.2) is 59.5 Å². The first-order valence-corrected chi connectivity index (χ1v) is 10.0. The van der Waals surface area contributed by atoms with Gasteiger partial charge >= 0.3 is 0 Å². The van der Waals surface area contributed by atoms with E-state index < -0.39 is 0 Å². The molecule has 0 aliphatic heterocycles. The van der Waals surface area contributed by atoms with Crippen molar-refractivity contribution in [3.8, 4) is 17.6 Å². The molecule has 4 nitrogen and oxygen atoms in total. The molecule has 0 spiro atoms. The molecule has 0 atom stereocenters. The maximum atomic E-state index is 12.6. The van der Waals surface area contributed by atoms with E-state index >= 15 is 0 Å². The highest BCUT2D eigenvalue weighted by Gasteiger charge is 2.17. The summed E-state index contributed by atoms with van der Waals surface area (Å²) < 4.78 is 7.46. The highest BCUT2D eigenvalue weighted by molar-refractivity contribution is 6.31. The summed E-state index contributed by atoms with van der Waals surface area (Å²) >= 11 is 6.10. The highest BCUT2D eigenvalue weighted by atomic mass is 35.5. The second-order valence-corrected chi connectivity index (χ2v) is 7.63. The lowest BCUT2D eigenvalue weighted by molar-refractivity contribution is 0.300. The molecular formula is C24H21ClN2O2. The van der Waals surface area contributed by atoms with E-state index in [1.54, 1.807) is 22.9 Å². The van der Waals surface area contributed by atoms with Gasteiger partial charge in [-0.25, -0.2) is 0 Å². The van der Waals surface area contributed by atoms with Crippen LogP contribution in [-0.4, -0.2) is 9.55 Å². The lowest BCUT2D eigenvalue weighted by Gasteiger charge is -2.13. The van der Waals surface area contributed by atoms with E-state index in [1.807, 2.05) is 37.3 Å². The normalized spacial score (nSPS) is 12.9. The molecule has 0 radical (unpaired) electrons. The number of hydrogen-bond acceptors (Lipinski definition) is 3. The number of aryl methyl sites for hydroxylation is 1. The third-order valence-corrected chi connectivity index (χ3v) is 5.16. The Kier molecular flexibility index (Phi) is 5.69. The molecule has 0 saturated heterocycles. The largest absolute Gasteiger partial charge is 0.487 e. The average molecular weight is 405 g/mol. The van der Waals surface area contributed by atoms with Crippen molar-refractivity contribution in [3.05, 3.63) is 92.6 Å². The van der Waals surface area contributed by atoms with Gasteiger partial charge in [0.2, 0.25) is 0 Å². The van der Waals surface area contributed by atoms with E-state index in [2.05, 4.69) is 16.8 Å². The van der Waals surface area contributed by atoms with Crippen LogP contribution < -0.4 is 10.3 Å². The van der Waals surface area contributed by atoms with Gasteiger partial charge < -0.3 is 9.30 Å². The molecule has 146 valence electrons. The fourth-order valence-electron chi connectivity index (χ4n) is 2.95. The van der Waals surface area contributed by atoms with Gasteiger partial charge in [-0.1, -0.05) is 35.6 Å². The minimum Gasteiger partial charge on any atom is -0.487 e. The van der Waals surface area contributed by atoms with Gasteiger partial charge in [-0.05, 0) is 55.7 Å². The first kappa shape index (κ1) is 19.3. The number of rotatable bonds is 5. The molecule has 4 rings (SSSR count).